The minimum atomic E-state index is -0.334. The number of carbonyl (C=O) groups is 2. The van der Waals surface area contributed by atoms with Crippen molar-refractivity contribution in [1.29, 1.82) is 0 Å². The van der Waals surface area contributed by atoms with Crippen LogP contribution in [0.1, 0.15) is 44.5 Å². The highest BCUT2D eigenvalue weighted by atomic mass is 32.2. The Morgan fingerprint density at radius 2 is 1.83 bits per heavy atom. The summed E-state index contributed by atoms with van der Waals surface area (Å²) in [6.07, 6.45) is 2.64. The van der Waals surface area contributed by atoms with Crippen LogP contribution in [-0.4, -0.2) is 51.4 Å². The molecule has 0 saturated carbocycles. The highest BCUT2D eigenvalue weighted by molar-refractivity contribution is 8.16. The quantitative estimate of drug-likeness (QED) is 0.569. The Labute approximate surface area is 211 Å². The maximum Gasteiger partial charge on any atom is 0.254 e. The molecule has 8 heteroatoms. The Morgan fingerprint density at radius 3 is 2.51 bits per heavy atom. The van der Waals surface area contributed by atoms with Crippen molar-refractivity contribution in [2.24, 2.45) is 4.99 Å². The molecule has 1 aromatic carbocycles. The first-order valence-corrected chi connectivity index (χ1v) is 12.9. The molecule has 0 bridgehead atoms. The van der Waals surface area contributed by atoms with Gasteiger partial charge in [-0.2, -0.15) is 0 Å². The van der Waals surface area contributed by atoms with Crippen molar-refractivity contribution in [2.75, 3.05) is 19.6 Å². The SMILES string of the molecule is CCN(CC)C(=O)C1=C(C)N=C2SC=C(CC(=O)NCCc3ccccn3)N2C1c1ccccc1. The van der Waals surface area contributed by atoms with E-state index in [1.165, 1.54) is 11.8 Å². The number of aliphatic imine (C=N–C) groups is 1. The van der Waals surface area contributed by atoms with Crippen LogP contribution in [0.25, 0.3) is 0 Å². The lowest BCUT2D eigenvalue weighted by Crippen LogP contribution is -2.42. The summed E-state index contributed by atoms with van der Waals surface area (Å²) in [7, 11) is 0. The maximum absolute atomic E-state index is 13.6. The predicted octanol–water partition coefficient (Wildman–Crippen LogP) is 4.27. The summed E-state index contributed by atoms with van der Waals surface area (Å²) in [5, 5.41) is 5.78. The van der Waals surface area contributed by atoms with Crippen molar-refractivity contribution < 1.29 is 9.59 Å². The van der Waals surface area contributed by atoms with Crippen LogP contribution in [0.2, 0.25) is 0 Å². The molecule has 4 rings (SSSR count). The van der Waals surface area contributed by atoms with Crippen LogP contribution in [0.5, 0.6) is 0 Å². The lowest BCUT2D eigenvalue weighted by molar-refractivity contribution is -0.127. The van der Waals surface area contributed by atoms with E-state index in [0.29, 0.717) is 31.6 Å². The first kappa shape index (κ1) is 24.7. The number of aromatic nitrogens is 1. The number of likely N-dealkylation sites (N-methyl/N-ethyl adjacent to an activating group) is 1. The molecule has 35 heavy (non-hydrogen) atoms. The summed E-state index contributed by atoms with van der Waals surface area (Å²) in [6, 6.07) is 15.4. The second-order valence-corrected chi connectivity index (χ2v) is 9.22. The average Bonchev–Trinajstić information content (AvgIpc) is 3.26. The Balaban J connectivity index is 1.56. The topological polar surface area (TPSA) is 77.9 Å². The van der Waals surface area contributed by atoms with E-state index in [1.807, 2.05) is 79.6 Å². The molecule has 2 aromatic rings. The standard InChI is InChI=1S/C27H31N5O2S/c1-4-31(5-2)26(34)24-19(3)30-27-32(25(24)20-11-7-6-8-12-20)22(18-35-27)17-23(33)29-16-14-21-13-9-10-15-28-21/h6-13,15,18,25H,4-5,14,16-17H2,1-3H3,(H,29,33). The number of nitrogens with one attached hydrogen (secondary N) is 1. The monoisotopic (exact) mass is 489 g/mol. The zero-order valence-corrected chi connectivity index (χ0v) is 21.2. The zero-order chi connectivity index (χ0) is 24.8. The van der Waals surface area contributed by atoms with Crippen LogP contribution in [-0.2, 0) is 16.0 Å². The minimum Gasteiger partial charge on any atom is -0.355 e. The molecule has 3 heterocycles. The number of carbonyl (C=O) groups excluding carboxylic acids is 2. The number of amides is 2. The minimum absolute atomic E-state index is 0.0137. The van der Waals surface area contributed by atoms with Crippen molar-refractivity contribution in [3.8, 4) is 0 Å². The molecule has 1 aromatic heterocycles. The van der Waals surface area contributed by atoms with E-state index in [9.17, 15) is 9.59 Å². The third-order valence-electron chi connectivity index (χ3n) is 6.17. The van der Waals surface area contributed by atoms with Gasteiger partial charge in [0.25, 0.3) is 5.91 Å². The highest BCUT2D eigenvalue weighted by Gasteiger charge is 2.41. The van der Waals surface area contributed by atoms with E-state index in [4.69, 9.17) is 4.99 Å². The zero-order valence-electron chi connectivity index (χ0n) is 20.4. The van der Waals surface area contributed by atoms with Gasteiger partial charge >= 0.3 is 0 Å². The molecule has 0 spiro atoms. The number of amidine groups is 1. The third kappa shape index (κ3) is 5.48. The molecular weight excluding hydrogens is 458 g/mol. The summed E-state index contributed by atoms with van der Waals surface area (Å²) >= 11 is 1.50. The molecule has 0 fully saturated rings. The predicted molar refractivity (Wildman–Crippen MR) is 140 cm³/mol. The third-order valence-corrected chi connectivity index (χ3v) is 7.06. The molecule has 2 aliphatic rings. The smallest absolute Gasteiger partial charge is 0.254 e. The van der Waals surface area contributed by atoms with Gasteiger partial charge in [0.05, 0.1) is 23.7 Å². The number of hydrogen-bond donors (Lipinski definition) is 1. The summed E-state index contributed by atoms with van der Waals surface area (Å²) < 4.78 is 0. The van der Waals surface area contributed by atoms with Gasteiger partial charge in [-0.25, -0.2) is 4.99 Å². The van der Waals surface area contributed by atoms with Gasteiger partial charge < -0.3 is 15.1 Å². The second-order valence-electron chi connectivity index (χ2n) is 8.38. The van der Waals surface area contributed by atoms with Crippen LogP contribution < -0.4 is 5.32 Å². The lowest BCUT2D eigenvalue weighted by atomic mass is 9.92. The maximum atomic E-state index is 13.6. The number of nitrogens with zero attached hydrogens (tertiary/aromatic N) is 4. The molecule has 2 amide bonds. The summed E-state index contributed by atoms with van der Waals surface area (Å²) in [5.74, 6) is -0.0797. The van der Waals surface area contributed by atoms with Crippen LogP contribution >= 0.6 is 11.8 Å². The van der Waals surface area contributed by atoms with E-state index in [1.54, 1.807) is 6.20 Å². The molecule has 1 atom stereocenters. The Morgan fingerprint density at radius 1 is 1.09 bits per heavy atom. The molecule has 0 saturated heterocycles. The molecule has 0 aliphatic carbocycles. The van der Waals surface area contributed by atoms with Gasteiger partial charge in [-0.1, -0.05) is 48.2 Å². The van der Waals surface area contributed by atoms with Gasteiger partial charge in [0.15, 0.2) is 5.17 Å². The number of hydrogen-bond acceptors (Lipinski definition) is 6. The van der Waals surface area contributed by atoms with E-state index in [0.717, 1.165) is 27.8 Å². The van der Waals surface area contributed by atoms with Gasteiger partial charge in [-0.3, -0.25) is 14.6 Å². The van der Waals surface area contributed by atoms with Crippen molar-refractivity contribution in [3.63, 3.8) is 0 Å². The van der Waals surface area contributed by atoms with E-state index in [2.05, 4.69) is 15.2 Å². The molecule has 2 aliphatic heterocycles. The fourth-order valence-corrected chi connectivity index (χ4v) is 5.34. The first-order chi connectivity index (χ1) is 17.0. The van der Waals surface area contributed by atoms with Crippen molar-refractivity contribution in [1.82, 2.24) is 20.1 Å². The van der Waals surface area contributed by atoms with Crippen LogP contribution in [0.4, 0.5) is 0 Å². The van der Waals surface area contributed by atoms with Gasteiger partial charge in [0.2, 0.25) is 5.91 Å². The molecule has 1 N–H and O–H groups in total. The Kier molecular flexibility index (Phi) is 8.02. The number of thioether (sulfide) groups is 1. The lowest BCUT2D eigenvalue weighted by Gasteiger charge is -2.38. The number of allylic oxidation sites excluding steroid dienone is 1. The number of benzene rings is 1. The van der Waals surface area contributed by atoms with E-state index in [-0.39, 0.29) is 24.3 Å². The highest BCUT2D eigenvalue weighted by Crippen LogP contribution is 2.44. The van der Waals surface area contributed by atoms with Crippen molar-refractivity contribution in [2.45, 2.75) is 39.7 Å². The summed E-state index contributed by atoms with van der Waals surface area (Å²) in [6.45, 7) is 7.64. The van der Waals surface area contributed by atoms with E-state index >= 15 is 0 Å². The molecule has 7 nitrogen and oxygen atoms in total. The molecular formula is C27H31N5O2S. The molecule has 182 valence electrons. The van der Waals surface area contributed by atoms with Crippen LogP contribution in [0, 0.1) is 0 Å². The van der Waals surface area contributed by atoms with Gasteiger partial charge in [-0.05, 0) is 43.9 Å². The normalized spacial score (nSPS) is 17.0. The fraction of sp³-hybridized carbons (Fsp3) is 0.333. The van der Waals surface area contributed by atoms with Crippen LogP contribution in [0.3, 0.4) is 0 Å². The van der Waals surface area contributed by atoms with Crippen molar-refractivity contribution >= 4 is 28.7 Å². The fourth-order valence-electron chi connectivity index (χ4n) is 4.38. The van der Waals surface area contributed by atoms with Crippen LogP contribution in [0.15, 0.2) is 82.1 Å². The molecule has 0 radical (unpaired) electrons. The molecule has 1 unspecified atom stereocenters. The number of rotatable bonds is 9. The number of fused-ring (bicyclic) bond motifs is 1. The van der Waals surface area contributed by atoms with Gasteiger partial charge in [-0.15, -0.1) is 0 Å². The first-order valence-electron chi connectivity index (χ1n) is 12.0. The average molecular weight is 490 g/mol. The number of pyridine rings is 1. The van der Waals surface area contributed by atoms with Crippen molar-refractivity contribution in [3.05, 3.63) is 88.4 Å². The summed E-state index contributed by atoms with van der Waals surface area (Å²) in [5.41, 5.74) is 4.17. The van der Waals surface area contributed by atoms with E-state index < -0.39 is 0 Å². The Bertz CT molecular complexity index is 1160. The summed E-state index contributed by atoms with van der Waals surface area (Å²) in [4.78, 5) is 39.4. The van der Waals surface area contributed by atoms with Gasteiger partial charge in [0.1, 0.15) is 0 Å². The second kappa shape index (κ2) is 11.4. The Hall–Kier alpha value is -3.39. The van der Waals surface area contributed by atoms with Gasteiger partial charge in [0, 0.05) is 43.6 Å². The largest absolute Gasteiger partial charge is 0.355 e.